The number of carbonyl (C=O) groups is 1. The molecular formula is C18H19N3O2. The zero-order valence-electron chi connectivity index (χ0n) is 13.2. The van der Waals surface area contributed by atoms with Crippen molar-refractivity contribution < 1.29 is 9.53 Å². The first-order chi connectivity index (χ1) is 11.2. The van der Waals surface area contributed by atoms with E-state index in [1.54, 1.807) is 0 Å². The van der Waals surface area contributed by atoms with Crippen LogP contribution in [-0.2, 0) is 29.5 Å². The summed E-state index contributed by atoms with van der Waals surface area (Å²) in [5, 5.41) is 3.36. The molecule has 2 aromatic carbocycles. The third-order valence-corrected chi connectivity index (χ3v) is 3.83. The maximum Gasteiger partial charge on any atom is 0.309 e. The van der Waals surface area contributed by atoms with Crippen molar-refractivity contribution in [3.05, 3.63) is 59.9 Å². The molecule has 0 atom stereocenters. The van der Waals surface area contributed by atoms with Gasteiger partial charge in [0.25, 0.3) is 0 Å². The molecule has 0 fully saturated rings. The number of ether oxygens (including phenoxy) is 1. The van der Waals surface area contributed by atoms with Crippen LogP contribution in [0.2, 0.25) is 0 Å². The van der Waals surface area contributed by atoms with E-state index in [1.165, 1.54) is 7.11 Å². The van der Waals surface area contributed by atoms with Crippen LogP contribution in [0, 0.1) is 0 Å². The summed E-state index contributed by atoms with van der Waals surface area (Å²) in [6.45, 7) is 0.618. The average molecular weight is 309 g/mol. The van der Waals surface area contributed by atoms with E-state index in [9.17, 15) is 4.79 Å². The number of carbonyl (C=O) groups excluding carboxylic acids is 1. The SMILES string of the molecule is COC(=O)Cc1cccc(NCc2nc3ccccc3n2C)c1. The molecule has 1 N–H and O–H groups in total. The molecule has 0 saturated carbocycles. The van der Waals surface area contributed by atoms with Gasteiger partial charge in [-0.3, -0.25) is 4.79 Å². The number of rotatable bonds is 5. The van der Waals surface area contributed by atoms with Gasteiger partial charge in [0.1, 0.15) is 5.82 Å². The van der Waals surface area contributed by atoms with Gasteiger partial charge >= 0.3 is 5.97 Å². The van der Waals surface area contributed by atoms with Gasteiger partial charge in [-0.25, -0.2) is 4.98 Å². The fourth-order valence-corrected chi connectivity index (χ4v) is 2.56. The minimum absolute atomic E-state index is 0.238. The van der Waals surface area contributed by atoms with E-state index in [2.05, 4.69) is 20.9 Å². The molecule has 0 spiro atoms. The van der Waals surface area contributed by atoms with Crippen molar-refractivity contribution in [1.29, 1.82) is 0 Å². The van der Waals surface area contributed by atoms with Crippen molar-refractivity contribution >= 4 is 22.7 Å². The lowest BCUT2D eigenvalue weighted by Crippen LogP contribution is -2.07. The van der Waals surface area contributed by atoms with E-state index in [0.717, 1.165) is 28.1 Å². The van der Waals surface area contributed by atoms with Crippen molar-refractivity contribution in [1.82, 2.24) is 9.55 Å². The van der Waals surface area contributed by atoms with Gasteiger partial charge in [0.2, 0.25) is 0 Å². The van der Waals surface area contributed by atoms with E-state index >= 15 is 0 Å². The number of anilines is 1. The second kappa shape index (κ2) is 6.52. The predicted molar refractivity (Wildman–Crippen MR) is 90.2 cm³/mol. The summed E-state index contributed by atoms with van der Waals surface area (Å²) in [6.07, 6.45) is 0.276. The normalized spacial score (nSPS) is 10.7. The van der Waals surface area contributed by atoms with E-state index in [-0.39, 0.29) is 12.4 Å². The first-order valence-electron chi connectivity index (χ1n) is 7.47. The zero-order chi connectivity index (χ0) is 16.2. The van der Waals surface area contributed by atoms with Crippen molar-refractivity contribution in [2.45, 2.75) is 13.0 Å². The summed E-state index contributed by atoms with van der Waals surface area (Å²) in [6, 6.07) is 15.8. The van der Waals surface area contributed by atoms with Crippen LogP contribution in [0.15, 0.2) is 48.5 Å². The van der Waals surface area contributed by atoms with Gasteiger partial charge in [-0.05, 0) is 29.8 Å². The van der Waals surface area contributed by atoms with Crippen LogP contribution in [0.5, 0.6) is 0 Å². The number of methoxy groups -OCH3 is 1. The van der Waals surface area contributed by atoms with Crippen LogP contribution in [0.1, 0.15) is 11.4 Å². The summed E-state index contributed by atoms with van der Waals surface area (Å²) in [5.74, 6) is 0.724. The number of fused-ring (bicyclic) bond motifs is 1. The smallest absolute Gasteiger partial charge is 0.309 e. The molecule has 0 amide bonds. The minimum atomic E-state index is -0.238. The maximum absolute atomic E-state index is 11.4. The van der Waals surface area contributed by atoms with Crippen molar-refractivity contribution in [3.63, 3.8) is 0 Å². The third kappa shape index (κ3) is 3.34. The molecule has 5 heteroatoms. The highest BCUT2D eigenvalue weighted by Crippen LogP contribution is 2.16. The predicted octanol–water partition coefficient (Wildman–Crippen LogP) is 2.90. The van der Waals surface area contributed by atoms with Crippen LogP contribution in [0.3, 0.4) is 0 Å². The van der Waals surface area contributed by atoms with Gasteiger partial charge in [-0.15, -0.1) is 0 Å². The highest BCUT2D eigenvalue weighted by Gasteiger charge is 2.07. The Morgan fingerprint density at radius 1 is 1.22 bits per heavy atom. The number of benzene rings is 2. The molecule has 1 aromatic heterocycles. The molecule has 0 saturated heterocycles. The van der Waals surface area contributed by atoms with Crippen molar-refractivity contribution in [2.75, 3.05) is 12.4 Å². The number of nitrogens with one attached hydrogen (secondary N) is 1. The van der Waals surface area contributed by atoms with Gasteiger partial charge in [-0.2, -0.15) is 0 Å². The van der Waals surface area contributed by atoms with Crippen molar-refractivity contribution in [3.8, 4) is 0 Å². The van der Waals surface area contributed by atoms with E-state index in [0.29, 0.717) is 6.54 Å². The molecular weight excluding hydrogens is 290 g/mol. The van der Waals surface area contributed by atoms with Crippen LogP contribution in [-0.4, -0.2) is 22.6 Å². The molecule has 0 unspecified atom stereocenters. The standard InChI is InChI=1S/C18H19N3O2/c1-21-16-9-4-3-8-15(16)20-17(21)12-19-14-7-5-6-13(10-14)11-18(22)23-2/h3-10,19H,11-12H2,1-2H3. The Labute approximate surface area is 134 Å². The monoisotopic (exact) mass is 309 g/mol. The Morgan fingerprint density at radius 3 is 2.83 bits per heavy atom. The molecule has 0 aliphatic heterocycles. The number of para-hydroxylation sites is 2. The Kier molecular flexibility index (Phi) is 4.28. The van der Waals surface area contributed by atoms with Crippen LogP contribution in [0.4, 0.5) is 5.69 Å². The van der Waals surface area contributed by atoms with E-state index in [1.807, 2.05) is 49.5 Å². The molecule has 5 nitrogen and oxygen atoms in total. The van der Waals surface area contributed by atoms with Gasteiger partial charge < -0.3 is 14.6 Å². The average Bonchev–Trinajstić information content (AvgIpc) is 2.90. The highest BCUT2D eigenvalue weighted by atomic mass is 16.5. The first-order valence-corrected chi connectivity index (χ1v) is 7.47. The lowest BCUT2D eigenvalue weighted by molar-refractivity contribution is -0.139. The molecule has 118 valence electrons. The third-order valence-electron chi connectivity index (χ3n) is 3.83. The number of aryl methyl sites for hydroxylation is 1. The molecule has 0 aliphatic rings. The first kappa shape index (κ1) is 15.1. The molecule has 3 aromatic rings. The summed E-state index contributed by atoms with van der Waals surface area (Å²) < 4.78 is 6.78. The zero-order valence-corrected chi connectivity index (χ0v) is 13.2. The Morgan fingerprint density at radius 2 is 2.04 bits per heavy atom. The number of hydrogen-bond acceptors (Lipinski definition) is 4. The molecule has 0 radical (unpaired) electrons. The summed E-state index contributed by atoms with van der Waals surface area (Å²) >= 11 is 0. The second-order valence-electron chi connectivity index (χ2n) is 5.38. The lowest BCUT2D eigenvalue weighted by atomic mass is 10.1. The Bertz CT molecular complexity index is 839. The topological polar surface area (TPSA) is 56.1 Å². The minimum Gasteiger partial charge on any atom is -0.469 e. The van der Waals surface area contributed by atoms with Crippen LogP contribution < -0.4 is 5.32 Å². The number of hydrogen-bond donors (Lipinski definition) is 1. The Hall–Kier alpha value is -2.82. The Balaban J connectivity index is 1.73. The van der Waals surface area contributed by atoms with Gasteiger partial charge in [0.15, 0.2) is 0 Å². The highest BCUT2D eigenvalue weighted by molar-refractivity contribution is 5.76. The number of aromatic nitrogens is 2. The van der Waals surface area contributed by atoms with Gasteiger partial charge in [0, 0.05) is 12.7 Å². The van der Waals surface area contributed by atoms with Gasteiger partial charge in [0.05, 0.1) is 31.1 Å². The molecule has 0 bridgehead atoms. The number of esters is 1. The maximum atomic E-state index is 11.4. The molecule has 0 aliphatic carbocycles. The van der Waals surface area contributed by atoms with E-state index < -0.39 is 0 Å². The summed E-state index contributed by atoms with van der Waals surface area (Å²) in [5.41, 5.74) is 3.99. The second-order valence-corrected chi connectivity index (χ2v) is 5.38. The number of imidazole rings is 1. The fourth-order valence-electron chi connectivity index (χ4n) is 2.56. The lowest BCUT2D eigenvalue weighted by Gasteiger charge is -2.08. The van der Waals surface area contributed by atoms with Crippen LogP contribution >= 0.6 is 0 Å². The molecule has 23 heavy (non-hydrogen) atoms. The largest absolute Gasteiger partial charge is 0.469 e. The van der Waals surface area contributed by atoms with Gasteiger partial charge in [-0.1, -0.05) is 24.3 Å². The van der Waals surface area contributed by atoms with Crippen molar-refractivity contribution in [2.24, 2.45) is 7.05 Å². The quantitative estimate of drug-likeness (QED) is 0.736. The van der Waals surface area contributed by atoms with Crippen LogP contribution in [0.25, 0.3) is 11.0 Å². The molecule has 3 rings (SSSR count). The van der Waals surface area contributed by atoms with E-state index in [4.69, 9.17) is 4.74 Å². The molecule has 1 heterocycles. The fraction of sp³-hybridized carbons (Fsp3) is 0.222. The summed E-state index contributed by atoms with van der Waals surface area (Å²) in [7, 11) is 3.41. The number of nitrogens with zero attached hydrogens (tertiary/aromatic N) is 2. The summed E-state index contributed by atoms with van der Waals surface area (Å²) in [4.78, 5) is 16.0.